The van der Waals surface area contributed by atoms with E-state index in [-0.39, 0.29) is 17.6 Å². The van der Waals surface area contributed by atoms with Crippen LogP contribution in [0.5, 0.6) is 0 Å². The first kappa shape index (κ1) is 12.5. The Labute approximate surface area is 92.4 Å². The van der Waals surface area contributed by atoms with Crippen molar-refractivity contribution in [3.63, 3.8) is 0 Å². The van der Waals surface area contributed by atoms with Gasteiger partial charge in [-0.25, -0.2) is 0 Å². The molecule has 0 radical (unpaired) electrons. The molecule has 15 heavy (non-hydrogen) atoms. The Bertz CT molecular complexity index is 220. The lowest BCUT2D eigenvalue weighted by atomic mass is 9.84. The van der Waals surface area contributed by atoms with Gasteiger partial charge in [0.2, 0.25) is 0 Å². The van der Waals surface area contributed by atoms with Gasteiger partial charge in [-0.2, -0.15) is 0 Å². The van der Waals surface area contributed by atoms with Gasteiger partial charge in [0.15, 0.2) is 0 Å². The van der Waals surface area contributed by atoms with Crippen molar-refractivity contribution in [1.29, 1.82) is 0 Å². The topological polar surface area (TPSA) is 52.3 Å². The van der Waals surface area contributed by atoms with Crippen LogP contribution in [0.25, 0.3) is 0 Å². The summed E-state index contributed by atoms with van der Waals surface area (Å²) < 4.78 is 5.30. The Hall–Kier alpha value is -0.570. The lowest BCUT2D eigenvalue weighted by Crippen LogP contribution is -2.31. The van der Waals surface area contributed by atoms with E-state index in [1.54, 1.807) is 0 Å². The molecule has 88 valence electrons. The zero-order chi connectivity index (χ0) is 11.5. The van der Waals surface area contributed by atoms with Crippen LogP contribution in [0.15, 0.2) is 0 Å². The predicted octanol–water partition coefficient (Wildman–Crippen LogP) is 2.24. The third kappa shape index (κ3) is 5.17. The summed E-state index contributed by atoms with van der Waals surface area (Å²) in [7, 11) is 0. The van der Waals surface area contributed by atoms with E-state index < -0.39 is 0 Å². The van der Waals surface area contributed by atoms with Crippen molar-refractivity contribution >= 4 is 5.97 Å². The molecule has 1 aliphatic carbocycles. The lowest BCUT2D eigenvalue weighted by molar-refractivity contribution is -0.156. The maximum atomic E-state index is 11.6. The number of rotatable bonds is 2. The highest BCUT2D eigenvalue weighted by atomic mass is 16.6. The molecule has 1 unspecified atom stereocenters. The fourth-order valence-electron chi connectivity index (χ4n) is 2.14. The Kier molecular flexibility index (Phi) is 4.14. The van der Waals surface area contributed by atoms with Crippen molar-refractivity contribution in [2.75, 3.05) is 0 Å². The minimum absolute atomic E-state index is 0.0819. The molecule has 3 heteroatoms. The molecule has 0 saturated heterocycles. The van der Waals surface area contributed by atoms with Gasteiger partial charge in [0.1, 0.15) is 5.60 Å². The van der Waals surface area contributed by atoms with Crippen molar-refractivity contribution in [2.24, 2.45) is 11.7 Å². The molecule has 0 spiro atoms. The smallest absolute Gasteiger partial charge is 0.306 e. The quantitative estimate of drug-likeness (QED) is 0.716. The molecule has 0 bridgehead atoms. The van der Waals surface area contributed by atoms with Crippen LogP contribution in [0.1, 0.15) is 52.9 Å². The minimum Gasteiger partial charge on any atom is -0.460 e. The molecule has 0 amide bonds. The monoisotopic (exact) mass is 213 g/mol. The molecular formula is C12H23NO2. The second-order valence-corrected chi connectivity index (χ2v) is 5.58. The number of nitrogens with two attached hydrogens (primary N) is 1. The van der Waals surface area contributed by atoms with Crippen LogP contribution >= 0.6 is 0 Å². The number of carbonyl (C=O) groups is 1. The lowest BCUT2D eigenvalue weighted by Gasteiger charge is -2.27. The SMILES string of the molecule is CC(C)(C)OC(=O)C[C@@H]1CCCC(N)C1. The normalized spacial score (nSPS) is 27.5. The third-order valence-electron chi connectivity index (χ3n) is 2.70. The number of hydrogen-bond acceptors (Lipinski definition) is 3. The van der Waals surface area contributed by atoms with Gasteiger partial charge >= 0.3 is 5.97 Å². The molecule has 1 aliphatic rings. The number of ether oxygens (including phenoxy) is 1. The number of esters is 1. The largest absolute Gasteiger partial charge is 0.460 e. The van der Waals surface area contributed by atoms with Gasteiger partial charge in [0.05, 0.1) is 0 Å². The number of hydrogen-bond donors (Lipinski definition) is 1. The van der Waals surface area contributed by atoms with Crippen LogP contribution in [0, 0.1) is 5.92 Å². The van der Waals surface area contributed by atoms with Crippen LogP contribution in [0.4, 0.5) is 0 Å². The van der Waals surface area contributed by atoms with Gasteiger partial charge in [0, 0.05) is 12.5 Å². The Morgan fingerprint density at radius 2 is 2.07 bits per heavy atom. The molecular weight excluding hydrogens is 190 g/mol. The summed E-state index contributed by atoms with van der Waals surface area (Å²) in [6.07, 6.45) is 4.87. The van der Waals surface area contributed by atoms with Crippen molar-refractivity contribution < 1.29 is 9.53 Å². The predicted molar refractivity (Wildman–Crippen MR) is 60.4 cm³/mol. The Morgan fingerprint density at radius 3 is 2.60 bits per heavy atom. The van der Waals surface area contributed by atoms with Crippen LogP contribution in [-0.4, -0.2) is 17.6 Å². The second kappa shape index (κ2) is 4.97. The average Bonchev–Trinajstić information content (AvgIpc) is 1.99. The minimum atomic E-state index is -0.367. The van der Waals surface area contributed by atoms with E-state index in [1.165, 1.54) is 0 Å². The van der Waals surface area contributed by atoms with Gasteiger partial charge in [-0.05, 0) is 46.0 Å². The first-order chi connectivity index (χ1) is 6.87. The van der Waals surface area contributed by atoms with Gasteiger partial charge in [-0.15, -0.1) is 0 Å². The van der Waals surface area contributed by atoms with E-state index in [1.807, 2.05) is 20.8 Å². The number of carbonyl (C=O) groups excluding carboxylic acids is 1. The van der Waals surface area contributed by atoms with Crippen molar-refractivity contribution in [1.82, 2.24) is 0 Å². The van der Waals surface area contributed by atoms with Crippen LogP contribution in [-0.2, 0) is 9.53 Å². The zero-order valence-corrected chi connectivity index (χ0v) is 10.1. The molecule has 3 nitrogen and oxygen atoms in total. The summed E-state index contributed by atoms with van der Waals surface area (Å²) in [5, 5.41) is 0. The van der Waals surface area contributed by atoms with Crippen LogP contribution < -0.4 is 5.73 Å². The maximum absolute atomic E-state index is 11.6. The molecule has 0 aliphatic heterocycles. The van der Waals surface area contributed by atoms with E-state index in [9.17, 15) is 4.79 Å². The molecule has 1 saturated carbocycles. The molecule has 2 atom stereocenters. The van der Waals surface area contributed by atoms with Crippen molar-refractivity contribution in [3.8, 4) is 0 Å². The summed E-state index contributed by atoms with van der Waals surface area (Å²) in [6, 6.07) is 0.284. The average molecular weight is 213 g/mol. The van der Waals surface area contributed by atoms with Gasteiger partial charge in [0.25, 0.3) is 0 Å². The van der Waals surface area contributed by atoms with Gasteiger partial charge < -0.3 is 10.5 Å². The fourth-order valence-corrected chi connectivity index (χ4v) is 2.14. The molecule has 0 aromatic carbocycles. The highest BCUT2D eigenvalue weighted by Gasteiger charge is 2.24. The van der Waals surface area contributed by atoms with Crippen LogP contribution in [0.2, 0.25) is 0 Å². The molecule has 1 rings (SSSR count). The summed E-state index contributed by atoms with van der Waals surface area (Å²) in [5.74, 6) is 0.352. The summed E-state index contributed by atoms with van der Waals surface area (Å²) in [6.45, 7) is 5.70. The molecule has 0 aromatic rings. The molecule has 0 heterocycles. The van der Waals surface area contributed by atoms with Crippen molar-refractivity contribution in [3.05, 3.63) is 0 Å². The molecule has 0 aromatic heterocycles. The van der Waals surface area contributed by atoms with Crippen molar-refractivity contribution in [2.45, 2.75) is 64.5 Å². The fraction of sp³-hybridized carbons (Fsp3) is 0.917. The van der Waals surface area contributed by atoms with Gasteiger partial charge in [-0.3, -0.25) is 4.79 Å². The first-order valence-corrected chi connectivity index (χ1v) is 5.84. The Morgan fingerprint density at radius 1 is 1.40 bits per heavy atom. The summed E-state index contributed by atoms with van der Waals surface area (Å²) in [4.78, 5) is 11.6. The van der Waals surface area contributed by atoms with Crippen LogP contribution in [0.3, 0.4) is 0 Å². The molecule has 2 N–H and O–H groups in total. The summed E-state index contributed by atoms with van der Waals surface area (Å²) >= 11 is 0. The van der Waals surface area contributed by atoms with Gasteiger partial charge in [-0.1, -0.05) is 6.42 Å². The first-order valence-electron chi connectivity index (χ1n) is 5.84. The summed E-state index contributed by atoms with van der Waals surface area (Å²) in [5.41, 5.74) is 5.51. The molecule has 1 fully saturated rings. The maximum Gasteiger partial charge on any atom is 0.306 e. The standard InChI is InChI=1S/C12H23NO2/c1-12(2,3)15-11(14)8-9-5-4-6-10(13)7-9/h9-10H,4-8,13H2,1-3H3/t9-,10?/m1/s1. The second-order valence-electron chi connectivity index (χ2n) is 5.58. The van der Waals surface area contributed by atoms with E-state index in [0.29, 0.717) is 12.3 Å². The highest BCUT2D eigenvalue weighted by Crippen LogP contribution is 2.26. The van der Waals surface area contributed by atoms with E-state index in [4.69, 9.17) is 10.5 Å². The van der Waals surface area contributed by atoms with E-state index in [0.717, 1.165) is 25.7 Å². The highest BCUT2D eigenvalue weighted by molar-refractivity contribution is 5.70. The third-order valence-corrected chi connectivity index (χ3v) is 2.70. The zero-order valence-electron chi connectivity index (χ0n) is 10.1. The Balaban J connectivity index is 2.31. The van der Waals surface area contributed by atoms with E-state index in [2.05, 4.69) is 0 Å². The van der Waals surface area contributed by atoms with E-state index >= 15 is 0 Å².